The average Bonchev–Trinajstić information content (AvgIpc) is 1.85. The second-order valence-corrected chi connectivity index (χ2v) is 2.85. The van der Waals surface area contributed by atoms with Crippen molar-refractivity contribution in [1.29, 1.82) is 0 Å². The van der Waals surface area contributed by atoms with E-state index < -0.39 is 0 Å². The number of halogens is 1. The summed E-state index contributed by atoms with van der Waals surface area (Å²) in [5, 5.41) is 0. The Kier molecular flexibility index (Phi) is 2.25. The van der Waals surface area contributed by atoms with E-state index >= 15 is 0 Å². The van der Waals surface area contributed by atoms with Crippen LogP contribution >= 0.6 is 0 Å². The van der Waals surface area contributed by atoms with E-state index in [-0.39, 0.29) is 11.9 Å². The van der Waals surface area contributed by atoms with E-state index in [9.17, 15) is 4.39 Å². The summed E-state index contributed by atoms with van der Waals surface area (Å²) in [6, 6.07) is 4.77. The van der Waals surface area contributed by atoms with Gasteiger partial charge in [-0.15, -0.1) is 0 Å². The Hall–Kier alpha value is -0.890. The van der Waals surface area contributed by atoms with Gasteiger partial charge in [0.2, 0.25) is 0 Å². The zero-order valence-electron chi connectivity index (χ0n) is 6.76. The molecule has 2 heteroatoms. The Labute approximate surface area is 66.0 Å². The highest BCUT2D eigenvalue weighted by molar-refractivity contribution is 5.25. The number of aryl methyl sites for hydroxylation is 1. The van der Waals surface area contributed by atoms with Crippen molar-refractivity contribution < 1.29 is 4.39 Å². The molecule has 1 nitrogen and oxygen atoms in total. The molecule has 60 valence electrons. The minimum atomic E-state index is -0.211. The van der Waals surface area contributed by atoms with Crippen molar-refractivity contribution in [1.82, 2.24) is 0 Å². The van der Waals surface area contributed by atoms with E-state index in [0.717, 1.165) is 11.1 Å². The van der Waals surface area contributed by atoms with Crippen LogP contribution in [-0.2, 0) is 0 Å². The van der Waals surface area contributed by atoms with Crippen molar-refractivity contribution in [2.75, 3.05) is 0 Å². The highest BCUT2D eigenvalue weighted by Gasteiger charge is 2.01. The van der Waals surface area contributed by atoms with Gasteiger partial charge in [-0.2, -0.15) is 0 Å². The van der Waals surface area contributed by atoms with Crippen LogP contribution in [-0.4, -0.2) is 0 Å². The first-order valence-electron chi connectivity index (χ1n) is 3.62. The first-order chi connectivity index (χ1) is 5.09. The lowest BCUT2D eigenvalue weighted by Crippen LogP contribution is -2.05. The van der Waals surface area contributed by atoms with Gasteiger partial charge in [-0.25, -0.2) is 4.39 Å². The molecule has 1 atom stereocenters. The molecule has 0 aliphatic carbocycles. The summed E-state index contributed by atoms with van der Waals surface area (Å²) in [4.78, 5) is 0. The van der Waals surface area contributed by atoms with Crippen molar-refractivity contribution in [2.45, 2.75) is 19.9 Å². The second kappa shape index (κ2) is 3.01. The summed E-state index contributed by atoms with van der Waals surface area (Å²) in [6.45, 7) is 3.70. The van der Waals surface area contributed by atoms with Crippen molar-refractivity contribution in [3.05, 3.63) is 35.1 Å². The van der Waals surface area contributed by atoms with Gasteiger partial charge in [-0.3, -0.25) is 0 Å². The van der Waals surface area contributed by atoms with Crippen LogP contribution in [0.1, 0.15) is 24.1 Å². The number of benzene rings is 1. The molecule has 1 rings (SSSR count). The minimum absolute atomic E-state index is 0.0931. The molecular formula is C9H12FN. The molecule has 1 aromatic rings. The molecule has 0 aliphatic heterocycles. The third kappa shape index (κ3) is 2.02. The van der Waals surface area contributed by atoms with Gasteiger partial charge in [0.1, 0.15) is 5.82 Å². The second-order valence-electron chi connectivity index (χ2n) is 2.85. The first-order valence-corrected chi connectivity index (χ1v) is 3.62. The van der Waals surface area contributed by atoms with Gasteiger partial charge < -0.3 is 5.73 Å². The van der Waals surface area contributed by atoms with Crippen LogP contribution in [0, 0.1) is 12.7 Å². The fourth-order valence-electron chi connectivity index (χ4n) is 1.03. The first kappa shape index (κ1) is 8.21. The standard InChI is InChI=1S/C9H12FN/c1-6-3-8(7(2)11)5-9(10)4-6/h3-5,7H,11H2,1-2H3. The predicted molar refractivity (Wildman–Crippen MR) is 43.7 cm³/mol. The molecule has 2 N–H and O–H groups in total. The predicted octanol–water partition coefficient (Wildman–Crippen LogP) is 2.15. The molecule has 1 unspecified atom stereocenters. The van der Waals surface area contributed by atoms with E-state index in [2.05, 4.69) is 0 Å². The van der Waals surface area contributed by atoms with E-state index in [1.807, 2.05) is 19.9 Å². The molecular weight excluding hydrogens is 141 g/mol. The Morgan fingerprint density at radius 2 is 2.00 bits per heavy atom. The Balaban J connectivity index is 3.08. The maximum Gasteiger partial charge on any atom is 0.123 e. The van der Waals surface area contributed by atoms with Crippen LogP contribution in [0.2, 0.25) is 0 Å². The molecule has 0 heterocycles. The third-order valence-electron chi connectivity index (χ3n) is 1.59. The number of hydrogen-bond acceptors (Lipinski definition) is 1. The Morgan fingerprint density at radius 1 is 1.36 bits per heavy atom. The van der Waals surface area contributed by atoms with Crippen molar-refractivity contribution in [3.8, 4) is 0 Å². The summed E-state index contributed by atoms with van der Waals surface area (Å²) in [5.74, 6) is -0.211. The van der Waals surface area contributed by atoms with E-state index in [1.54, 1.807) is 0 Å². The molecule has 0 fully saturated rings. The molecule has 0 spiro atoms. The zero-order valence-corrected chi connectivity index (χ0v) is 6.76. The van der Waals surface area contributed by atoms with Gasteiger partial charge in [0.25, 0.3) is 0 Å². The van der Waals surface area contributed by atoms with Crippen LogP contribution in [0.15, 0.2) is 18.2 Å². The largest absolute Gasteiger partial charge is 0.324 e. The van der Waals surface area contributed by atoms with Gasteiger partial charge >= 0.3 is 0 Å². The zero-order chi connectivity index (χ0) is 8.43. The molecule has 0 bridgehead atoms. The quantitative estimate of drug-likeness (QED) is 0.657. The monoisotopic (exact) mass is 153 g/mol. The van der Waals surface area contributed by atoms with Crippen molar-refractivity contribution >= 4 is 0 Å². The van der Waals surface area contributed by atoms with Gasteiger partial charge in [-0.1, -0.05) is 6.07 Å². The lowest BCUT2D eigenvalue weighted by atomic mass is 10.1. The lowest BCUT2D eigenvalue weighted by Gasteiger charge is -2.05. The summed E-state index contributed by atoms with van der Waals surface area (Å²) in [6.07, 6.45) is 0. The van der Waals surface area contributed by atoms with Crippen LogP contribution in [0.25, 0.3) is 0 Å². The van der Waals surface area contributed by atoms with Crippen LogP contribution in [0.3, 0.4) is 0 Å². The fourth-order valence-corrected chi connectivity index (χ4v) is 1.03. The minimum Gasteiger partial charge on any atom is -0.324 e. The van der Waals surface area contributed by atoms with Crippen LogP contribution in [0.5, 0.6) is 0 Å². The Morgan fingerprint density at radius 3 is 2.45 bits per heavy atom. The highest BCUT2D eigenvalue weighted by atomic mass is 19.1. The molecule has 0 saturated heterocycles. The Bertz CT molecular complexity index is 235. The summed E-state index contributed by atoms with van der Waals surface area (Å²) in [7, 11) is 0. The van der Waals surface area contributed by atoms with E-state index in [4.69, 9.17) is 5.73 Å². The van der Waals surface area contributed by atoms with Crippen LogP contribution in [0.4, 0.5) is 4.39 Å². The van der Waals surface area contributed by atoms with Crippen molar-refractivity contribution in [3.63, 3.8) is 0 Å². The molecule has 0 aromatic heterocycles. The van der Waals surface area contributed by atoms with Crippen molar-refractivity contribution in [2.24, 2.45) is 5.73 Å². The van der Waals surface area contributed by atoms with E-state index in [0.29, 0.717) is 0 Å². The number of rotatable bonds is 1. The topological polar surface area (TPSA) is 26.0 Å². The summed E-state index contributed by atoms with van der Waals surface area (Å²) >= 11 is 0. The molecule has 11 heavy (non-hydrogen) atoms. The smallest absolute Gasteiger partial charge is 0.123 e. The molecule has 0 amide bonds. The maximum atomic E-state index is 12.7. The SMILES string of the molecule is Cc1cc(F)cc(C(C)N)c1. The normalized spacial score (nSPS) is 13.1. The van der Waals surface area contributed by atoms with E-state index in [1.165, 1.54) is 12.1 Å². The molecule has 0 saturated carbocycles. The fraction of sp³-hybridized carbons (Fsp3) is 0.333. The highest BCUT2D eigenvalue weighted by Crippen LogP contribution is 2.13. The van der Waals surface area contributed by atoms with Gasteiger partial charge in [-0.05, 0) is 37.1 Å². The van der Waals surface area contributed by atoms with Gasteiger partial charge in [0.05, 0.1) is 0 Å². The number of nitrogens with two attached hydrogens (primary N) is 1. The molecule has 0 radical (unpaired) electrons. The number of hydrogen-bond donors (Lipinski definition) is 1. The average molecular weight is 153 g/mol. The molecule has 1 aromatic carbocycles. The maximum absolute atomic E-state index is 12.7. The lowest BCUT2D eigenvalue weighted by molar-refractivity contribution is 0.621. The molecule has 0 aliphatic rings. The van der Waals surface area contributed by atoms with Crippen LogP contribution < -0.4 is 5.73 Å². The summed E-state index contributed by atoms with van der Waals surface area (Å²) in [5.41, 5.74) is 7.35. The third-order valence-corrected chi connectivity index (χ3v) is 1.59. The van der Waals surface area contributed by atoms with Gasteiger partial charge in [0.15, 0.2) is 0 Å². The summed E-state index contributed by atoms with van der Waals surface area (Å²) < 4.78 is 12.7. The van der Waals surface area contributed by atoms with Gasteiger partial charge in [0, 0.05) is 6.04 Å².